The van der Waals surface area contributed by atoms with Crippen molar-refractivity contribution in [2.75, 3.05) is 45.8 Å². The number of nitrogens with zero attached hydrogens (tertiary/aromatic N) is 2. The Morgan fingerprint density at radius 1 is 0.851 bits per heavy atom. The van der Waals surface area contributed by atoms with Crippen molar-refractivity contribution in [2.45, 2.75) is 44.7 Å². The molecule has 0 aliphatic carbocycles. The Hall–Kier alpha value is -3.87. The molecule has 14 heteroatoms. The zero-order valence-corrected chi connectivity index (χ0v) is 29.8. The van der Waals surface area contributed by atoms with Gasteiger partial charge in [-0.1, -0.05) is 50.0 Å². The lowest BCUT2D eigenvalue weighted by Gasteiger charge is -2.34. The predicted molar refractivity (Wildman–Crippen MR) is 183 cm³/mol. The number of carbonyl (C=O) groups excluding carboxylic acids is 2. The van der Waals surface area contributed by atoms with E-state index in [9.17, 15) is 18.0 Å². The van der Waals surface area contributed by atoms with Crippen LogP contribution < -0.4 is 28.6 Å². The Labute approximate surface area is 286 Å². The number of anilines is 1. The molecule has 1 N–H and O–H groups in total. The number of halogens is 2. The van der Waals surface area contributed by atoms with Gasteiger partial charge in [-0.05, 0) is 54.3 Å². The lowest BCUT2D eigenvalue weighted by Crippen LogP contribution is -2.52. The van der Waals surface area contributed by atoms with Crippen LogP contribution in [0.4, 0.5) is 5.69 Å². The third-order valence-corrected chi connectivity index (χ3v) is 9.65. The van der Waals surface area contributed by atoms with Crippen molar-refractivity contribution in [3.05, 3.63) is 70.2 Å². The maximum Gasteiger partial charge on any atom is 0.265 e. The van der Waals surface area contributed by atoms with Crippen LogP contribution in [-0.4, -0.2) is 72.7 Å². The number of ether oxygens (including phenoxy) is 4. The molecule has 256 valence electrons. The van der Waals surface area contributed by atoms with Crippen LogP contribution in [0.3, 0.4) is 0 Å². The predicted octanol–water partition coefficient (Wildman–Crippen LogP) is 5.80. The Balaban J connectivity index is 2.21. The molecule has 0 saturated carbocycles. The fraction of sp³-hybridized carbons (Fsp3) is 0.394. The van der Waals surface area contributed by atoms with Gasteiger partial charge < -0.3 is 29.2 Å². The topological polar surface area (TPSA) is 124 Å². The van der Waals surface area contributed by atoms with Crippen LogP contribution in [0.5, 0.6) is 23.0 Å². The monoisotopic (exact) mass is 709 g/mol. The van der Waals surface area contributed by atoms with Crippen molar-refractivity contribution >= 4 is 50.7 Å². The molecule has 11 nitrogen and oxygen atoms in total. The number of carbonyl (C=O) groups is 2. The molecular weight excluding hydrogens is 669 g/mol. The molecule has 0 unspecified atom stereocenters. The molecule has 0 saturated heterocycles. The van der Waals surface area contributed by atoms with Gasteiger partial charge in [0.25, 0.3) is 10.0 Å². The van der Waals surface area contributed by atoms with E-state index in [-0.39, 0.29) is 51.9 Å². The van der Waals surface area contributed by atoms with Gasteiger partial charge in [-0.2, -0.15) is 0 Å². The summed E-state index contributed by atoms with van der Waals surface area (Å²) in [6.45, 7) is 5.26. The lowest BCUT2D eigenvalue weighted by atomic mass is 10.1. The van der Waals surface area contributed by atoms with Crippen molar-refractivity contribution in [3.63, 3.8) is 0 Å². The quantitative estimate of drug-likeness (QED) is 0.198. The first-order valence-corrected chi connectivity index (χ1v) is 17.0. The molecule has 0 bridgehead atoms. The van der Waals surface area contributed by atoms with E-state index in [0.717, 1.165) is 4.31 Å². The fourth-order valence-electron chi connectivity index (χ4n) is 4.78. The summed E-state index contributed by atoms with van der Waals surface area (Å²) in [7, 11) is 1.15. The minimum atomic E-state index is -4.49. The van der Waals surface area contributed by atoms with E-state index in [4.69, 9.17) is 42.1 Å². The first kappa shape index (κ1) is 37.6. The zero-order valence-electron chi connectivity index (χ0n) is 27.5. The van der Waals surface area contributed by atoms with Gasteiger partial charge in [-0.15, -0.1) is 0 Å². The maximum absolute atomic E-state index is 14.5. The summed E-state index contributed by atoms with van der Waals surface area (Å²) in [6, 6.07) is 12.6. The molecule has 0 fully saturated rings. The molecule has 0 heterocycles. The Bertz CT molecular complexity index is 1670. The SMILES string of the molecule is CC[C@@H](C(=O)NCC(C)C)N(Cc1ccc(Cl)cc1Cl)C(=O)CN(c1cc(OC)ccc1OC)S(=O)(=O)c1ccc(OC)c(OC)c1. The number of benzene rings is 3. The van der Waals surface area contributed by atoms with E-state index < -0.39 is 28.5 Å². The highest BCUT2D eigenvalue weighted by Gasteiger charge is 2.35. The molecule has 3 rings (SSSR count). The van der Waals surface area contributed by atoms with Gasteiger partial charge in [-0.25, -0.2) is 8.42 Å². The number of nitrogens with one attached hydrogen (secondary N) is 1. The first-order chi connectivity index (χ1) is 22.3. The third kappa shape index (κ3) is 9.15. The molecule has 0 aliphatic rings. The van der Waals surface area contributed by atoms with E-state index in [0.29, 0.717) is 28.6 Å². The summed E-state index contributed by atoms with van der Waals surface area (Å²) in [6.07, 6.45) is 0.242. The molecule has 0 aliphatic heterocycles. The van der Waals surface area contributed by atoms with Crippen LogP contribution in [0, 0.1) is 5.92 Å². The van der Waals surface area contributed by atoms with Gasteiger partial charge in [0.1, 0.15) is 24.1 Å². The minimum Gasteiger partial charge on any atom is -0.497 e. The first-order valence-electron chi connectivity index (χ1n) is 14.8. The molecule has 2 amide bonds. The molecule has 0 spiro atoms. The van der Waals surface area contributed by atoms with Crippen molar-refractivity contribution < 1.29 is 37.0 Å². The standard InChI is InChI=1S/C33H41Cl2N3O8S/c1-8-27(33(40)36-18-21(2)3)37(19-22-9-10-23(34)15-26(22)35)32(39)20-38(28-16-24(43-4)11-13-29(28)44-5)47(41,42)25-12-14-30(45-6)31(17-25)46-7/h9-17,21,27H,8,18-20H2,1-7H3,(H,36,40)/t27-/m0/s1. The average molecular weight is 711 g/mol. The second-order valence-electron chi connectivity index (χ2n) is 10.9. The molecule has 1 atom stereocenters. The number of rotatable bonds is 16. The highest BCUT2D eigenvalue weighted by Crippen LogP contribution is 2.38. The van der Waals surface area contributed by atoms with Crippen LogP contribution in [0.2, 0.25) is 10.0 Å². The Morgan fingerprint density at radius 2 is 1.51 bits per heavy atom. The van der Waals surface area contributed by atoms with Gasteiger partial charge >= 0.3 is 0 Å². The summed E-state index contributed by atoms with van der Waals surface area (Å²) in [5, 5.41) is 3.58. The molecule has 0 radical (unpaired) electrons. The summed E-state index contributed by atoms with van der Waals surface area (Å²) in [5.74, 6) is 0.0849. The van der Waals surface area contributed by atoms with Crippen molar-refractivity contribution in [1.29, 1.82) is 0 Å². The number of hydrogen-bond donors (Lipinski definition) is 1. The third-order valence-electron chi connectivity index (χ3n) is 7.30. The van der Waals surface area contributed by atoms with Crippen molar-refractivity contribution in [3.8, 4) is 23.0 Å². The van der Waals surface area contributed by atoms with E-state index in [1.54, 1.807) is 25.1 Å². The summed E-state index contributed by atoms with van der Waals surface area (Å²) in [4.78, 5) is 29.1. The molecule has 47 heavy (non-hydrogen) atoms. The van der Waals surface area contributed by atoms with E-state index in [2.05, 4.69) is 5.32 Å². The molecule has 0 aromatic heterocycles. The zero-order chi connectivity index (χ0) is 34.9. The van der Waals surface area contributed by atoms with Crippen LogP contribution in [-0.2, 0) is 26.2 Å². The highest BCUT2D eigenvalue weighted by molar-refractivity contribution is 7.92. The second-order valence-corrected chi connectivity index (χ2v) is 13.6. The van der Waals surface area contributed by atoms with Crippen LogP contribution >= 0.6 is 23.2 Å². The van der Waals surface area contributed by atoms with Gasteiger partial charge in [0.15, 0.2) is 11.5 Å². The average Bonchev–Trinajstić information content (AvgIpc) is 3.06. The molecule has 3 aromatic carbocycles. The van der Waals surface area contributed by atoms with Crippen LogP contribution in [0.25, 0.3) is 0 Å². The minimum absolute atomic E-state index is 0.0387. The maximum atomic E-state index is 14.5. The Morgan fingerprint density at radius 3 is 2.09 bits per heavy atom. The fourth-order valence-corrected chi connectivity index (χ4v) is 6.69. The van der Waals surface area contributed by atoms with Gasteiger partial charge in [0.05, 0.1) is 39.0 Å². The smallest absolute Gasteiger partial charge is 0.265 e. The van der Waals surface area contributed by atoms with E-state index in [1.807, 2.05) is 13.8 Å². The summed E-state index contributed by atoms with van der Waals surface area (Å²) >= 11 is 12.6. The Kier molecular flexibility index (Phi) is 13.4. The van der Waals surface area contributed by atoms with Crippen molar-refractivity contribution in [2.24, 2.45) is 5.92 Å². The van der Waals surface area contributed by atoms with Crippen LogP contribution in [0.15, 0.2) is 59.5 Å². The van der Waals surface area contributed by atoms with Crippen molar-refractivity contribution in [1.82, 2.24) is 10.2 Å². The summed E-state index contributed by atoms with van der Waals surface area (Å²) in [5.41, 5.74) is 0.560. The van der Waals surface area contributed by atoms with E-state index >= 15 is 0 Å². The largest absolute Gasteiger partial charge is 0.497 e. The van der Waals surface area contributed by atoms with Crippen LogP contribution in [0.1, 0.15) is 32.8 Å². The normalized spacial score (nSPS) is 11.9. The van der Waals surface area contributed by atoms with E-state index in [1.165, 1.54) is 69.7 Å². The molecular formula is C33H41Cl2N3O8S. The number of amides is 2. The molecule has 3 aromatic rings. The summed E-state index contributed by atoms with van der Waals surface area (Å²) < 4.78 is 51.5. The van der Waals surface area contributed by atoms with Gasteiger partial charge in [-0.3, -0.25) is 13.9 Å². The number of sulfonamides is 1. The second kappa shape index (κ2) is 16.8. The number of hydrogen-bond acceptors (Lipinski definition) is 8. The lowest BCUT2D eigenvalue weighted by molar-refractivity contribution is -0.140. The van der Waals surface area contributed by atoms with Gasteiger partial charge in [0, 0.05) is 35.3 Å². The number of methoxy groups -OCH3 is 4. The van der Waals surface area contributed by atoms with Gasteiger partial charge in [0.2, 0.25) is 11.8 Å². The highest BCUT2D eigenvalue weighted by atomic mass is 35.5.